The zero-order valence-electron chi connectivity index (χ0n) is 13.3. The number of hydrogen-bond donors (Lipinski definition) is 2. The number of carbonyl (C=O) groups is 1. The Morgan fingerprint density at radius 1 is 1.26 bits per heavy atom. The highest BCUT2D eigenvalue weighted by Crippen LogP contribution is 2.10. The lowest BCUT2D eigenvalue weighted by molar-refractivity contribution is 0.0934. The smallest absolute Gasteiger partial charge is 0.270 e. The van der Waals surface area contributed by atoms with Gasteiger partial charge < -0.3 is 10.6 Å². The highest BCUT2D eigenvalue weighted by Gasteiger charge is 2.10. The summed E-state index contributed by atoms with van der Waals surface area (Å²) in [5.74, 6) is 0.276. The van der Waals surface area contributed by atoms with Crippen molar-refractivity contribution in [3.05, 3.63) is 52.8 Å². The predicted molar refractivity (Wildman–Crippen MR) is 92.9 cm³/mol. The van der Waals surface area contributed by atoms with Gasteiger partial charge in [-0.1, -0.05) is 30.7 Å². The summed E-state index contributed by atoms with van der Waals surface area (Å²) in [6, 6.07) is 9.45. The van der Waals surface area contributed by atoms with Crippen LogP contribution in [0, 0.1) is 0 Å². The molecule has 2 N–H and O–H groups in total. The van der Waals surface area contributed by atoms with Gasteiger partial charge in [-0.2, -0.15) is 0 Å². The van der Waals surface area contributed by atoms with E-state index in [2.05, 4.69) is 20.6 Å². The number of nitrogens with zero attached hydrogens (tertiary/aromatic N) is 2. The zero-order valence-corrected chi connectivity index (χ0v) is 14.1. The number of benzene rings is 1. The Balaban J connectivity index is 1.89. The number of anilines is 1. The number of aromatic nitrogens is 2. The van der Waals surface area contributed by atoms with E-state index in [9.17, 15) is 4.79 Å². The molecule has 0 saturated heterocycles. The molecule has 2 aromatic rings. The molecule has 0 spiro atoms. The maximum absolute atomic E-state index is 12.1. The maximum Gasteiger partial charge on any atom is 0.270 e. The molecule has 23 heavy (non-hydrogen) atoms. The number of amides is 1. The summed E-state index contributed by atoms with van der Waals surface area (Å²) < 4.78 is 0. The molecule has 1 heterocycles. The fourth-order valence-electron chi connectivity index (χ4n) is 1.94. The Morgan fingerprint density at radius 2 is 2.00 bits per heavy atom. The minimum atomic E-state index is -0.178. The van der Waals surface area contributed by atoms with E-state index in [1.54, 1.807) is 12.3 Å². The summed E-state index contributed by atoms with van der Waals surface area (Å²) in [6.07, 6.45) is 3.29. The normalized spacial score (nSPS) is 11.8. The molecule has 1 amide bonds. The molecule has 0 fully saturated rings. The summed E-state index contributed by atoms with van der Waals surface area (Å²) in [6.45, 7) is 4.66. The standard InChI is InChI=1S/C17H21ClN4O/c1-3-12(2)21-16(23)15-9-11-20-17(22-15)19-10-8-13-4-6-14(18)7-5-13/h4-7,9,11-12H,3,8,10H2,1-2H3,(H,21,23)(H,19,20,22). The van der Waals surface area contributed by atoms with Crippen LogP contribution in [-0.4, -0.2) is 28.5 Å². The first-order valence-corrected chi connectivity index (χ1v) is 8.08. The molecule has 1 unspecified atom stereocenters. The second-order valence-corrected chi connectivity index (χ2v) is 5.79. The Hall–Kier alpha value is -2.14. The quantitative estimate of drug-likeness (QED) is 0.816. The third-order valence-corrected chi connectivity index (χ3v) is 3.74. The molecule has 0 radical (unpaired) electrons. The highest BCUT2D eigenvalue weighted by atomic mass is 35.5. The number of nitrogens with one attached hydrogen (secondary N) is 2. The fraction of sp³-hybridized carbons (Fsp3) is 0.353. The van der Waals surface area contributed by atoms with Gasteiger partial charge in [0.15, 0.2) is 0 Å². The topological polar surface area (TPSA) is 66.9 Å². The Labute approximate surface area is 141 Å². The van der Waals surface area contributed by atoms with Gasteiger partial charge in [0.25, 0.3) is 5.91 Å². The van der Waals surface area contributed by atoms with E-state index in [1.165, 1.54) is 5.56 Å². The van der Waals surface area contributed by atoms with E-state index in [4.69, 9.17) is 11.6 Å². The van der Waals surface area contributed by atoms with Crippen LogP contribution < -0.4 is 10.6 Å². The van der Waals surface area contributed by atoms with Crippen LogP contribution in [-0.2, 0) is 6.42 Å². The molecule has 0 saturated carbocycles. The lowest BCUT2D eigenvalue weighted by atomic mass is 10.1. The van der Waals surface area contributed by atoms with Gasteiger partial charge in [0.2, 0.25) is 5.95 Å². The number of carbonyl (C=O) groups excluding carboxylic acids is 1. The van der Waals surface area contributed by atoms with Crippen molar-refractivity contribution in [1.82, 2.24) is 15.3 Å². The van der Waals surface area contributed by atoms with Gasteiger partial charge in [-0.15, -0.1) is 0 Å². The third-order valence-electron chi connectivity index (χ3n) is 3.49. The largest absolute Gasteiger partial charge is 0.354 e. The second-order valence-electron chi connectivity index (χ2n) is 5.35. The number of halogens is 1. The minimum absolute atomic E-state index is 0.124. The van der Waals surface area contributed by atoms with Gasteiger partial charge in [-0.25, -0.2) is 9.97 Å². The molecule has 1 aromatic carbocycles. The monoisotopic (exact) mass is 332 g/mol. The van der Waals surface area contributed by atoms with Crippen LogP contribution in [0.15, 0.2) is 36.5 Å². The molecule has 5 nitrogen and oxygen atoms in total. The Morgan fingerprint density at radius 3 is 2.70 bits per heavy atom. The molecule has 1 aromatic heterocycles. The van der Waals surface area contributed by atoms with Gasteiger partial charge in [0.05, 0.1) is 0 Å². The summed E-state index contributed by atoms with van der Waals surface area (Å²) in [4.78, 5) is 20.4. The molecule has 122 valence electrons. The highest BCUT2D eigenvalue weighted by molar-refractivity contribution is 6.30. The van der Waals surface area contributed by atoms with Crippen LogP contribution in [0.2, 0.25) is 5.02 Å². The molecule has 0 aliphatic carbocycles. The van der Waals surface area contributed by atoms with Crippen LogP contribution in [0.4, 0.5) is 5.95 Å². The van der Waals surface area contributed by atoms with Crippen LogP contribution in [0.25, 0.3) is 0 Å². The first-order valence-electron chi connectivity index (χ1n) is 7.70. The van der Waals surface area contributed by atoms with Gasteiger partial charge in [-0.3, -0.25) is 4.79 Å². The van der Waals surface area contributed by atoms with E-state index in [1.807, 2.05) is 38.1 Å². The summed E-state index contributed by atoms with van der Waals surface area (Å²) >= 11 is 5.86. The van der Waals surface area contributed by atoms with E-state index in [-0.39, 0.29) is 11.9 Å². The van der Waals surface area contributed by atoms with Crippen molar-refractivity contribution in [1.29, 1.82) is 0 Å². The molecule has 0 aliphatic heterocycles. The minimum Gasteiger partial charge on any atom is -0.354 e. The van der Waals surface area contributed by atoms with Crippen molar-refractivity contribution in [3.8, 4) is 0 Å². The van der Waals surface area contributed by atoms with Crippen LogP contribution in [0.1, 0.15) is 36.3 Å². The predicted octanol–water partition coefficient (Wildman–Crippen LogP) is 3.31. The average molecular weight is 333 g/mol. The fourth-order valence-corrected chi connectivity index (χ4v) is 2.07. The van der Waals surface area contributed by atoms with Crippen molar-refractivity contribution in [2.24, 2.45) is 0 Å². The van der Waals surface area contributed by atoms with Crippen molar-refractivity contribution >= 4 is 23.5 Å². The van der Waals surface area contributed by atoms with E-state index >= 15 is 0 Å². The molecule has 6 heteroatoms. The Bertz CT molecular complexity index is 645. The van der Waals surface area contributed by atoms with Crippen molar-refractivity contribution in [2.45, 2.75) is 32.7 Å². The molecular weight excluding hydrogens is 312 g/mol. The van der Waals surface area contributed by atoms with Crippen LogP contribution in [0.5, 0.6) is 0 Å². The molecule has 0 bridgehead atoms. The summed E-state index contributed by atoms with van der Waals surface area (Å²) in [5.41, 5.74) is 1.54. The van der Waals surface area contributed by atoms with Gasteiger partial charge in [0.1, 0.15) is 5.69 Å². The van der Waals surface area contributed by atoms with E-state index in [0.29, 0.717) is 18.2 Å². The van der Waals surface area contributed by atoms with Crippen LogP contribution >= 0.6 is 11.6 Å². The van der Waals surface area contributed by atoms with E-state index < -0.39 is 0 Å². The molecule has 2 rings (SSSR count). The average Bonchev–Trinajstić information content (AvgIpc) is 2.57. The lowest BCUT2D eigenvalue weighted by Gasteiger charge is -2.11. The maximum atomic E-state index is 12.1. The third kappa shape index (κ3) is 5.53. The van der Waals surface area contributed by atoms with Crippen molar-refractivity contribution in [2.75, 3.05) is 11.9 Å². The van der Waals surface area contributed by atoms with Gasteiger partial charge in [-0.05, 0) is 43.5 Å². The first-order chi connectivity index (χ1) is 11.1. The van der Waals surface area contributed by atoms with Gasteiger partial charge >= 0.3 is 0 Å². The SMILES string of the molecule is CCC(C)NC(=O)c1ccnc(NCCc2ccc(Cl)cc2)n1. The second kappa shape index (κ2) is 8.48. The van der Waals surface area contributed by atoms with Crippen LogP contribution in [0.3, 0.4) is 0 Å². The van der Waals surface area contributed by atoms with E-state index in [0.717, 1.165) is 17.9 Å². The summed E-state index contributed by atoms with van der Waals surface area (Å²) in [7, 11) is 0. The zero-order chi connectivity index (χ0) is 16.7. The van der Waals surface area contributed by atoms with Crippen molar-refractivity contribution < 1.29 is 4.79 Å². The molecule has 1 atom stereocenters. The van der Waals surface area contributed by atoms with Gasteiger partial charge in [0, 0.05) is 23.8 Å². The summed E-state index contributed by atoms with van der Waals surface area (Å²) in [5, 5.41) is 6.75. The number of rotatable bonds is 7. The van der Waals surface area contributed by atoms with Crippen molar-refractivity contribution in [3.63, 3.8) is 0 Å². The molecular formula is C17H21ClN4O. The molecule has 0 aliphatic rings. The first kappa shape index (κ1) is 17.2. The lowest BCUT2D eigenvalue weighted by Crippen LogP contribution is -2.32. The number of hydrogen-bond acceptors (Lipinski definition) is 4. The Kier molecular flexibility index (Phi) is 6.35.